The van der Waals surface area contributed by atoms with E-state index in [1.54, 1.807) is 11.9 Å². The molecule has 3 aromatic rings. The Morgan fingerprint density at radius 3 is 2.41 bits per heavy atom. The molecule has 2 nitrogen and oxygen atoms in total. The standard InChI is InChI=1S/C24H26N2S/c1-6-19-16(3)24-23(17(4)22(19)18-11-9-15(2)10-12-18)20-8-7-13-25-21(20)14-26(24)27-5/h7-13H,6,14H2,1-5H3. The Labute approximate surface area is 166 Å². The number of anilines is 1. The lowest BCUT2D eigenvalue weighted by Crippen LogP contribution is -2.22. The minimum Gasteiger partial charge on any atom is -0.310 e. The van der Waals surface area contributed by atoms with Crippen LogP contribution in [0.1, 0.15) is 34.9 Å². The number of hydrogen-bond acceptors (Lipinski definition) is 3. The molecule has 0 atom stereocenters. The molecule has 0 bridgehead atoms. The number of rotatable bonds is 3. The Morgan fingerprint density at radius 1 is 1.00 bits per heavy atom. The van der Waals surface area contributed by atoms with Gasteiger partial charge < -0.3 is 4.31 Å². The lowest BCUT2D eigenvalue weighted by atomic mass is 9.82. The second-order valence-electron chi connectivity index (χ2n) is 7.26. The fraction of sp³-hybridized carbons (Fsp3) is 0.292. The molecule has 0 spiro atoms. The molecule has 1 aromatic heterocycles. The van der Waals surface area contributed by atoms with E-state index in [1.165, 1.54) is 55.9 Å². The first-order chi connectivity index (χ1) is 13.1. The van der Waals surface area contributed by atoms with E-state index in [0.717, 1.165) is 13.0 Å². The van der Waals surface area contributed by atoms with E-state index >= 15 is 0 Å². The molecule has 0 saturated heterocycles. The van der Waals surface area contributed by atoms with Crippen LogP contribution in [0.2, 0.25) is 0 Å². The van der Waals surface area contributed by atoms with E-state index < -0.39 is 0 Å². The van der Waals surface area contributed by atoms with Crippen LogP contribution >= 0.6 is 11.9 Å². The zero-order valence-corrected chi connectivity index (χ0v) is 17.6. The second-order valence-corrected chi connectivity index (χ2v) is 8.07. The van der Waals surface area contributed by atoms with Gasteiger partial charge >= 0.3 is 0 Å². The average Bonchev–Trinajstić information content (AvgIpc) is 2.69. The molecule has 0 amide bonds. The number of pyridine rings is 1. The molecular weight excluding hydrogens is 348 g/mol. The Hall–Kier alpha value is -2.26. The number of aromatic nitrogens is 1. The molecule has 0 N–H and O–H groups in total. The highest BCUT2D eigenvalue weighted by atomic mass is 32.2. The topological polar surface area (TPSA) is 16.1 Å². The number of benzene rings is 2. The zero-order valence-electron chi connectivity index (χ0n) is 16.8. The molecule has 0 fully saturated rings. The van der Waals surface area contributed by atoms with Gasteiger partial charge in [0, 0.05) is 23.6 Å². The van der Waals surface area contributed by atoms with Gasteiger partial charge in [0.25, 0.3) is 0 Å². The molecule has 138 valence electrons. The highest BCUT2D eigenvalue weighted by Crippen LogP contribution is 2.49. The van der Waals surface area contributed by atoms with Crippen molar-refractivity contribution in [2.75, 3.05) is 10.6 Å². The van der Waals surface area contributed by atoms with Crippen molar-refractivity contribution >= 4 is 17.6 Å². The summed E-state index contributed by atoms with van der Waals surface area (Å²) in [6.45, 7) is 9.85. The fourth-order valence-electron chi connectivity index (χ4n) is 4.40. The van der Waals surface area contributed by atoms with Gasteiger partial charge in [0.1, 0.15) is 0 Å². The Kier molecular flexibility index (Phi) is 4.73. The van der Waals surface area contributed by atoms with E-state index in [9.17, 15) is 0 Å². The van der Waals surface area contributed by atoms with Crippen LogP contribution in [-0.2, 0) is 13.0 Å². The van der Waals surface area contributed by atoms with Crippen LogP contribution in [0.5, 0.6) is 0 Å². The van der Waals surface area contributed by atoms with Crippen LogP contribution in [0.3, 0.4) is 0 Å². The van der Waals surface area contributed by atoms with Crippen molar-refractivity contribution in [1.82, 2.24) is 4.98 Å². The fourth-order valence-corrected chi connectivity index (χ4v) is 5.07. The summed E-state index contributed by atoms with van der Waals surface area (Å²) in [7, 11) is 0. The van der Waals surface area contributed by atoms with Gasteiger partial charge in [0.15, 0.2) is 0 Å². The maximum Gasteiger partial charge on any atom is 0.0725 e. The number of fused-ring (bicyclic) bond motifs is 3. The molecule has 0 radical (unpaired) electrons. The Balaban J connectivity index is 2.10. The molecule has 3 heteroatoms. The molecule has 1 aliphatic rings. The largest absolute Gasteiger partial charge is 0.310 e. The van der Waals surface area contributed by atoms with Crippen molar-refractivity contribution in [1.29, 1.82) is 0 Å². The molecular formula is C24H26N2S. The van der Waals surface area contributed by atoms with Crippen LogP contribution in [0.25, 0.3) is 22.3 Å². The van der Waals surface area contributed by atoms with Gasteiger partial charge in [0.2, 0.25) is 0 Å². The first-order valence-corrected chi connectivity index (χ1v) is 10.7. The minimum atomic E-state index is 0.859. The Morgan fingerprint density at radius 2 is 1.74 bits per heavy atom. The molecule has 2 heterocycles. The van der Waals surface area contributed by atoms with Crippen molar-refractivity contribution in [3.8, 4) is 22.3 Å². The van der Waals surface area contributed by atoms with Gasteiger partial charge in [-0.15, -0.1) is 0 Å². The molecule has 27 heavy (non-hydrogen) atoms. The lowest BCUT2D eigenvalue weighted by Gasteiger charge is -2.35. The third-order valence-electron chi connectivity index (χ3n) is 5.71. The van der Waals surface area contributed by atoms with Crippen molar-refractivity contribution in [2.24, 2.45) is 0 Å². The summed E-state index contributed by atoms with van der Waals surface area (Å²) >= 11 is 1.79. The van der Waals surface area contributed by atoms with E-state index in [-0.39, 0.29) is 0 Å². The first kappa shape index (κ1) is 18.1. The monoisotopic (exact) mass is 374 g/mol. The van der Waals surface area contributed by atoms with Crippen molar-refractivity contribution in [2.45, 2.75) is 40.7 Å². The van der Waals surface area contributed by atoms with Gasteiger partial charge in [-0.1, -0.05) is 54.8 Å². The van der Waals surface area contributed by atoms with Crippen LogP contribution in [0, 0.1) is 20.8 Å². The van der Waals surface area contributed by atoms with Crippen LogP contribution < -0.4 is 4.31 Å². The van der Waals surface area contributed by atoms with E-state index in [4.69, 9.17) is 0 Å². The molecule has 0 unspecified atom stereocenters. The van der Waals surface area contributed by atoms with Crippen molar-refractivity contribution in [3.63, 3.8) is 0 Å². The molecule has 0 aliphatic carbocycles. The minimum absolute atomic E-state index is 0.859. The predicted octanol–water partition coefficient (Wildman–Crippen LogP) is 6.50. The summed E-state index contributed by atoms with van der Waals surface area (Å²) in [6.07, 6.45) is 5.10. The molecule has 4 rings (SSSR count). The summed E-state index contributed by atoms with van der Waals surface area (Å²) in [5.74, 6) is 0. The summed E-state index contributed by atoms with van der Waals surface area (Å²) < 4.78 is 2.41. The van der Waals surface area contributed by atoms with Gasteiger partial charge in [0.05, 0.1) is 17.9 Å². The van der Waals surface area contributed by atoms with E-state index in [2.05, 4.69) is 79.6 Å². The number of aryl methyl sites for hydroxylation is 1. The highest BCUT2D eigenvalue weighted by molar-refractivity contribution is 7.99. The SMILES string of the molecule is CCc1c(C)c2c(c(C)c1-c1ccc(C)cc1)-c1cccnc1CN2SC. The molecule has 0 saturated carbocycles. The third-order valence-corrected chi connectivity index (χ3v) is 6.47. The number of nitrogens with zero attached hydrogens (tertiary/aromatic N) is 2. The zero-order chi connectivity index (χ0) is 19.1. The summed E-state index contributed by atoms with van der Waals surface area (Å²) in [5, 5.41) is 0. The van der Waals surface area contributed by atoms with E-state index in [1.807, 2.05) is 6.20 Å². The Bertz CT molecular complexity index is 1010. The molecule has 2 aromatic carbocycles. The van der Waals surface area contributed by atoms with E-state index in [0.29, 0.717) is 0 Å². The van der Waals surface area contributed by atoms with Crippen molar-refractivity contribution in [3.05, 3.63) is 70.5 Å². The summed E-state index contributed by atoms with van der Waals surface area (Å²) in [4.78, 5) is 4.69. The quantitative estimate of drug-likeness (QED) is 0.487. The van der Waals surface area contributed by atoms with Crippen LogP contribution in [0.4, 0.5) is 5.69 Å². The summed E-state index contributed by atoms with van der Waals surface area (Å²) in [5.41, 5.74) is 13.4. The second kappa shape index (κ2) is 7.05. The maximum absolute atomic E-state index is 4.69. The van der Waals surface area contributed by atoms with Gasteiger partial charge in [-0.05, 0) is 61.1 Å². The summed E-state index contributed by atoms with van der Waals surface area (Å²) in [6, 6.07) is 13.3. The average molecular weight is 375 g/mol. The van der Waals surface area contributed by atoms with Crippen molar-refractivity contribution < 1.29 is 0 Å². The maximum atomic E-state index is 4.69. The van der Waals surface area contributed by atoms with Gasteiger partial charge in [-0.3, -0.25) is 4.98 Å². The highest BCUT2D eigenvalue weighted by Gasteiger charge is 2.29. The smallest absolute Gasteiger partial charge is 0.0725 e. The number of hydrogen-bond donors (Lipinski definition) is 0. The lowest BCUT2D eigenvalue weighted by molar-refractivity contribution is 0.956. The van der Waals surface area contributed by atoms with Crippen LogP contribution in [0.15, 0.2) is 42.6 Å². The molecule has 1 aliphatic heterocycles. The third kappa shape index (κ3) is 2.85. The van der Waals surface area contributed by atoms with Crippen LogP contribution in [-0.4, -0.2) is 11.2 Å². The van der Waals surface area contributed by atoms with Gasteiger partial charge in [-0.25, -0.2) is 0 Å². The normalized spacial score (nSPS) is 12.7. The first-order valence-electron chi connectivity index (χ1n) is 9.55. The predicted molar refractivity (Wildman–Crippen MR) is 118 cm³/mol. The van der Waals surface area contributed by atoms with Gasteiger partial charge in [-0.2, -0.15) is 0 Å².